The molecule has 2 aromatic rings. The molecule has 1 fully saturated rings. The zero-order chi connectivity index (χ0) is 18.0. The van der Waals surface area contributed by atoms with E-state index in [0.717, 1.165) is 30.8 Å². The highest BCUT2D eigenvalue weighted by atomic mass is 35.5. The van der Waals surface area contributed by atoms with E-state index in [9.17, 15) is 9.59 Å². The minimum atomic E-state index is -0.528. The number of carbonyl (C=O) groups excluding carboxylic acids is 1. The van der Waals surface area contributed by atoms with Gasteiger partial charge in [0, 0.05) is 29.3 Å². The van der Waals surface area contributed by atoms with Crippen molar-refractivity contribution >= 4 is 29.7 Å². The van der Waals surface area contributed by atoms with Crippen LogP contribution in [0.25, 0.3) is 0 Å². The fraction of sp³-hybridized carbons (Fsp3) is 0.474. The highest BCUT2D eigenvalue weighted by Crippen LogP contribution is 2.24. The molecule has 1 amide bonds. The van der Waals surface area contributed by atoms with Gasteiger partial charge in [-0.2, -0.15) is 0 Å². The van der Waals surface area contributed by atoms with E-state index < -0.39 is 5.63 Å². The number of halogens is 1. The van der Waals surface area contributed by atoms with Gasteiger partial charge in [0.25, 0.3) is 5.91 Å². The van der Waals surface area contributed by atoms with Crippen LogP contribution in [0.5, 0.6) is 0 Å². The molecule has 1 aliphatic heterocycles. The third-order valence-electron chi connectivity index (χ3n) is 4.62. The Balaban J connectivity index is 0.00000243. The molecule has 3 rings (SSSR count). The number of hydrogen-bond acceptors (Lipinski definition) is 5. The van der Waals surface area contributed by atoms with Crippen molar-refractivity contribution in [3.05, 3.63) is 55.3 Å². The van der Waals surface area contributed by atoms with E-state index >= 15 is 0 Å². The van der Waals surface area contributed by atoms with Crippen LogP contribution in [-0.2, 0) is 6.54 Å². The Hall–Kier alpha value is -1.63. The van der Waals surface area contributed by atoms with Crippen LogP contribution in [0.2, 0.25) is 0 Å². The normalized spacial score (nSPS) is 16.8. The first-order valence-corrected chi connectivity index (χ1v) is 9.43. The Kier molecular flexibility index (Phi) is 7.03. The van der Waals surface area contributed by atoms with Gasteiger partial charge in [0.2, 0.25) is 0 Å². The van der Waals surface area contributed by atoms with Crippen LogP contribution < -0.4 is 10.9 Å². The Labute approximate surface area is 163 Å². The number of rotatable bonds is 4. The molecule has 1 N–H and O–H groups in total. The van der Waals surface area contributed by atoms with Crippen molar-refractivity contribution in [3.8, 4) is 0 Å². The number of aryl methyl sites for hydroxylation is 2. The maximum atomic E-state index is 12.7. The molecule has 26 heavy (non-hydrogen) atoms. The van der Waals surface area contributed by atoms with E-state index in [-0.39, 0.29) is 29.8 Å². The summed E-state index contributed by atoms with van der Waals surface area (Å²) in [6.45, 7) is 6.15. The summed E-state index contributed by atoms with van der Waals surface area (Å²) in [4.78, 5) is 29.1. The minimum absolute atomic E-state index is 0. The molecule has 1 saturated heterocycles. The van der Waals surface area contributed by atoms with Crippen molar-refractivity contribution in [2.45, 2.75) is 39.2 Å². The third-order valence-corrected chi connectivity index (χ3v) is 5.60. The first-order valence-electron chi connectivity index (χ1n) is 8.62. The van der Waals surface area contributed by atoms with Crippen LogP contribution in [-0.4, -0.2) is 30.9 Å². The van der Waals surface area contributed by atoms with E-state index in [1.165, 1.54) is 4.88 Å². The van der Waals surface area contributed by atoms with Crippen molar-refractivity contribution in [2.75, 3.05) is 20.1 Å². The largest absolute Gasteiger partial charge is 0.427 e. The van der Waals surface area contributed by atoms with Crippen molar-refractivity contribution in [3.63, 3.8) is 0 Å². The lowest BCUT2D eigenvalue weighted by Gasteiger charge is -2.22. The summed E-state index contributed by atoms with van der Waals surface area (Å²) in [7, 11) is 1.72. The number of nitrogens with zero attached hydrogens (tertiary/aromatic N) is 1. The van der Waals surface area contributed by atoms with Crippen molar-refractivity contribution in [1.29, 1.82) is 0 Å². The monoisotopic (exact) mass is 396 g/mol. The predicted octanol–water partition coefficient (Wildman–Crippen LogP) is 3.48. The Morgan fingerprint density at radius 3 is 2.73 bits per heavy atom. The standard InChI is InChI=1S/C19H24N2O3S.ClH/c1-12-9-16(14-5-4-8-20-10-14)24-19(23)17(12)18(22)21(3)11-15-7-6-13(2)25-15;/h6-7,9,14,20H,4-5,8,10-11H2,1-3H3;1H. The molecule has 1 unspecified atom stereocenters. The number of thiophene rings is 1. The number of hydrogen-bond donors (Lipinski definition) is 1. The van der Waals surface area contributed by atoms with E-state index in [2.05, 4.69) is 5.32 Å². The quantitative estimate of drug-likeness (QED) is 0.859. The molecule has 0 saturated carbocycles. The van der Waals surface area contributed by atoms with Gasteiger partial charge in [-0.1, -0.05) is 0 Å². The molecule has 5 nitrogen and oxygen atoms in total. The van der Waals surface area contributed by atoms with E-state index in [1.54, 1.807) is 23.3 Å². The minimum Gasteiger partial charge on any atom is -0.427 e. The van der Waals surface area contributed by atoms with E-state index in [0.29, 0.717) is 17.9 Å². The SMILES string of the molecule is Cc1ccc(CN(C)C(=O)c2c(C)cc(C3CCCNC3)oc2=O)s1.Cl. The second-order valence-corrected chi connectivity index (χ2v) is 8.08. The van der Waals surface area contributed by atoms with Crippen LogP contribution >= 0.6 is 23.7 Å². The molecule has 7 heteroatoms. The van der Waals surface area contributed by atoms with Gasteiger partial charge in [0.05, 0.1) is 6.54 Å². The van der Waals surface area contributed by atoms with Crippen molar-refractivity contribution in [1.82, 2.24) is 10.2 Å². The summed E-state index contributed by atoms with van der Waals surface area (Å²) in [6, 6.07) is 5.90. The summed E-state index contributed by atoms with van der Waals surface area (Å²) in [5.41, 5.74) is 0.305. The van der Waals surface area contributed by atoms with Gasteiger partial charge in [-0.05, 0) is 57.0 Å². The van der Waals surface area contributed by atoms with Gasteiger partial charge in [0.1, 0.15) is 11.3 Å². The van der Waals surface area contributed by atoms with Crippen LogP contribution in [0, 0.1) is 13.8 Å². The summed E-state index contributed by atoms with van der Waals surface area (Å²) in [5, 5.41) is 3.32. The van der Waals surface area contributed by atoms with Crippen molar-refractivity contribution < 1.29 is 9.21 Å². The van der Waals surface area contributed by atoms with Gasteiger partial charge in [0.15, 0.2) is 0 Å². The summed E-state index contributed by atoms with van der Waals surface area (Å²) >= 11 is 1.66. The number of amides is 1. The Bertz CT molecular complexity index is 824. The fourth-order valence-corrected chi connectivity index (χ4v) is 4.20. The van der Waals surface area contributed by atoms with Gasteiger partial charge in [-0.15, -0.1) is 23.7 Å². The number of piperidine rings is 1. The molecule has 1 atom stereocenters. The van der Waals surface area contributed by atoms with Gasteiger partial charge in [-0.25, -0.2) is 4.79 Å². The van der Waals surface area contributed by atoms with Gasteiger partial charge >= 0.3 is 5.63 Å². The van der Waals surface area contributed by atoms with E-state index in [4.69, 9.17) is 4.42 Å². The molecule has 142 valence electrons. The zero-order valence-electron chi connectivity index (χ0n) is 15.3. The average Bonchev–Trinajstić information content (AvgIpc) is 2.99. The maximum Gasteiger partial charge on any atom is 0.349 e. The van der Waals surface area contributed by atoms with Crippen molar-refractivity contribution in [2.24, 2.45) is 0 Å². The predicted molar refractivity (Wildman–Crippen MR) is 107 cm³/mol. The lowest BCUT2D eigenvalue weighted by atomic mass is 9.95. The second-order valence-electron chi connectivity index (χ2n) is 6.71. The molecule has 0 aromatic carbocycles. The molecule has 1 aliphatic rings. The summed E-state index contributed by atoms with van der Waals surface area (Å²) < 4.78 is 5.51. The second kappa shape index (κ2) is 8.84. The molecule has 0 aliphatic carbocycles. The topological polar surface area (TPSA) is 62.6 Å². The molecule has 0 bridgehead atoms. The summed E-state index contributed by atoms with van der Waals surface area (Å²) in [5.74, 6) is 0.601. The summed E-state index contributed by atoms with van der Waals surface area (Å²) in [6.07, 6.45) is 2.07. The fourth-order valence-electron chi connectivity index (χ4n) is 3.25. The van der Waals surface area contributed by atoms with Gasteiger partial charge in [-0.3, -0.25) is 4.79 Å². The molecular weight excluding hydrogens is 372 g/mol. The number of carbonyl (C=O) groups is 1. The Morgan fingerprint density at radius 2 is 2.15 bits per heavy atom. The highest BCUT2D eigenvalue weighted by Gasteiger charge is 2.24. The van der Waals surface area contributed by atoms with E-state index in [1.807, 2.05) is 32.0 Å². The van der Waals surface area contributed by atoms with Crippen LogP contribution in [0.4, 0.5) is 0 Å². The molecule has 0 radical (unpaired) electrons. The zero-order valence-corrected chi connectivity index (χ0v) is 17.0. The number of nitrogens with one attached hydrogen (secondary N) is 1. The lowest BCUT2D eigenvalue weighted by molar-refractivity contribution is 0.0780. The lowest BCUT2D eigenvalue weighted by Crippen LogP contribution is -2.32. The highest BCUT2D eigenvalue weighted by molar-refractivity contribution is 7.11. The average molecular weight is 397 g/mol. The first-order chi connectivity index (χ1) is 12.0. The van der Waals surface area contributed by atoms with Crippen LogP contribution in [0.1, 0.15) is 50.2 Å². The van der Waals surface area contributed by atoms with Crippen LogP contribution in [0.15, 0.2) is 27.4 Å². The molecule has 2 aromatic heterocycles. The Morgan fingerprint density at radius 1 is 1.38 bits per heavy atom. The third kappa shape index (κ3) is 4.55. The maximum absolute atomic E-state index is 12.7. The first kappa shape index (κ1) is 20.7. The smallest absolute Gasteiger partial charge is 0.349 e. The molecular formula is C19H25ClN2O3S. The van der Waals surface area contributed by atoms with Crippen LogP contribution in [0.3, 0.4) is 0 Å². The van der Waals surface area contributed by atoms with Gasteiger partial charge < -0.3 is 14.6 Å². The molecule has 0 spiro atoms. The molecule has 3 heterocycles.